The van der Waals surface area contributed by atoms with Crippen LogP contribution in [-0.2, 0) is 17.8 Å². The molecule has 33 heavy (non-hydrogen) atoms. The van der Waals surface area contributed by atoms with Crippen molar-refractivity contribution in [3.05, 3.63) is 66.0 Å². The number of para-hydroxylation sites is 1. The largest absolute Gasteiger partial charge is 0.348 e. The molecule has 2 N–H and O–H groups in total. The number of nitrogens with zero attached hydrogens (tertiary/aromatic N) is 4. The van der Waals surface area contributed by atoms with Crippen molar-refractivity contribution in [2.45, 2.75) is 31.3 Å². The summed E-state index contributed by atoms with van der Waals surface area (Å²) < 4.78 is 29.0. The molecule has 3 heterocycles. The van der Waals surface area contributed by atoms with Crippen LogP contribution in [0.25, 0.3) is 11.4 Å². The second-order valence-electron chi connectivity index (χ2n) is 8.42. The van der Waals surface area contributed by atoms with Gasteiger partial charge < -0.3 is 15.5 Å². The zero-order chi connectivity index (χ0) is 23.0. The highest BCUT2D eigenvalue weighted by Crippen LogP contribution is 2.29. The Kier molecular flexibility index (Phi) is 5.27. The van der Waals surface area contributed by atoms with Crippen molar-refractivity contribution in [3.63, 3.8) is 0 Å². The lowest BCUT2D eigenvalue weighted by molar-refractivity contribution is -0.123. The summed E-state index contributed by atoms with van der Waals surface area (Å²) >= 11 is 0. The van der Waals surface area contributed by atoms with Gasteiger partial charge in [0.2, 0.25) is 5.91 Å². The van der Waals surface area contributed by atoms with E-state index in [2.05, 4.69) is 20.7 Å². The molecule has 0 aliphatic carbocycles. The third kappa shape index (κ3) is 4.28. The maximum absolute atomic E-state index is 13.9. The molecular weight excluding hydrogens is 430 g/mol. The quantitative estimate of drug-likeness (QED) is 0.625. The fraction of sp³-hybridized carbons (Fsp3) is 0.304. The molecule has 2 aliphatic rings. The lowest BCUT2D eigenvalue weighted by Crippen LogP contribution is -2.57. The number of rotatable bonds is 2. The smallest absolute Gasteiger partial charge is 0.321 e. The molecule has 0 saturated carbocycles. The van der Waals surface area contributed by atoms with Crippen molar-refractivity contribution >= 4 is 17.6 Å². The first-order chi connectivity index (χ1) is 15.9. The van der Waals surface area contributed by atoms with E-state index in [0.717, 1.165) is 0 Å². The fourth-order valence-corrected chi connectivity index (χ4v) is 4.40. The van der Waals surface area contributed by atoms with Gasteiger partial charge in [0.15, 0.2) is 5.82 Å². The minimum Gasteiger partial charge on any atom is -0.348 e. The van der Waals surface area contributed by atoms with E-state index in [4.69, 9.17) is 0 Å². The van der Waals surface area contributed by atoms with Crippen LogP contribution < -0.4 is 10.6 Å². The van der Waals surface area contributed by atoms with E-state index >= 15 is 0 Å². The maximum atomic E-state index is 13.9. The third-order valence-electron chi connectivity index (χ3n) is 6.15. The van der Waals surface area contributed by atoms with Crippen LogP contribution in [0.1, 0.15) is 18.7 Å². The van der Waals surface area contributed by atoms with E-state index in [1.807, 2.05) is 0 Å². The van der Waals surface area contributed by atoms with Gasteiger partial charge in [-0.2, -0.15) is 5.10 Å². The molecule has 1 fully saturated rings. The molecule has 2 aromatic carbocycles. The molecule has 2 aliphatic heterocycles. The van der Waals surface area contributed by atoms with Crippen LogP contribution in [0.5, 0.6) is 0 Å². The standard InChI is InChI=1S/C23H22F2N6O2/c24-16-5-3-4-15(12-16)21-27-19-13-23(28-20(32)14-31(19)29-21)8-10-30(11-9-23)22(33)26-18-7-2-1-6-17(18)25/h1-7,12H,8-11,13-14H2,(H,26,33)(H,28,32). The number of nitrogens with one attached hydrogen (secondary N) is 2. The molecule has 0 unspecified atom stereocenters. The monoisotopic (exact) mass is 452 g/mol. The second kappa shape index (κ2) is 8.27. The average molecular weight is 452 g/mol. The number of urea groups is 1. The predicted octanol–water partition coefficient (Wildman–Crippen LogP) is 2.96. The fourth-order valence-electron chi connectivity index (χ4n) is 4.40. The van der Waals surface area contributed by atoms with Crippen LogP contribution in [0.2, 0.25) is 0 Å². The molecule has 1 spiro atoms. The molecule has 3 amide bonds. The zero-order valence-electron chi connectivity index (χ0n) is 17.7. The summed E-state index contributed by atoms with van der Waals surface area (Å²) in [5.41, 5.74) is 0.111. The van der Waals surface area contributed by atoms with Gasteiger partial charge in [0, 0.05) is 25.1 Å². The number of aromatic nitrogens is 3. The Hall–Kier alpha value is -3.82. The Labute approximate surface area is 188 Å². The lowest BCUT2D eigenvalue weighted by Gasteiger charge is -2.41. The van der Waals surface area contributed by atoms with Gasteiger partial charge in [0.1, 0.15) is 24.0 Å². The molecular formula is C23H22F2N6O2. The molecule has 170 valence electrons. The highest BCUT2D eigenvalue weighted by Gasteiger charge is 2.41. The number of carbonyl (C=O) groups excluding carboxylic acids is 2. The van der Waals surface area contributed by atoms with Gasteiger partial charge in [0.05, 0.1) is 11.2 Å². The third-order valence-corrected chi connectivity index (χ3v) is 6.15. The molecule has 1 aromatic heterocycles. The van der Waals surface area contributed by atoms with Crippen molar-refractivity contribution in [2.24, 2.45) is 0 Å². The Morgan fingerprint density at radius 3 is 2.64 bits per heavy atom. The number of amides is 3. The van der Waals surface area contributed by atoms with Crippen molar-refractivity contribution in [1.82, 2.24) is 25.0 Å². The van der Waals surface area contributed by atoms with Gasteiger partial charge in [0.25, 0.3) is 0 Å². The van der Waals surface area contributed by atoms with E-state index in [1.54, 1.807) is 33.8 Å². The van der Waals surface area contributed by atoms with Gasteiger partial charge in [-0.05, 0) is 37.1 Å². The first kappa shape index (κ1) is 21.0. The number of fused-ring (bicyclic) bond motifs is 1. The SMILES string of the molecule is O=C1Cn2nc(-c3cccc(F)c3)nc2CC2(CCN(C(=O)Nc3ccccc3F)CC2)N1. The number of halogens is 2. The second-order valence-corrected chi connectivity index (χ2v) is 8.42. The molecule has 5 rings (SSSR count). The maximum Gasteiger partial charge on any atom is 0.321 e. The molecule has 3 aromatic rings. The van der Waals surface area contributed by atoms with Crippen molar-refractivity contribution in [3.8, 4) is 11.4 Å². The van der Waals surface area contributed by atoms with Gasteiger partial charge in [-0.25, -0.2) is 23.2 Å². The van der Waals surface area contributed by atoms with Gasteiger partial charge >= 0.3 is 6.03 Å². The zero-order valence-corrected chi connectivity index (χ0v) is 17.7. The normalized spacial score (nSPS) is 17.3. The van der Waals surface area contributed by atoms with Gasteiger partial charge in [-0.3, -0.25) is 4.79 Å². The predicted molar refractivity (Wildman–Crippen MR) is 116 cm³/mol. The lowest BCUT2D eigenvalue weighted by atomic mass is 9.84. The summed E-state index contributed by atoms with van der Waals surface area (Å²) in [7, 11) is 0. The summed E-state index contributed by atoms with van der Waals surface area (Å²) in [6, 6.07) is 11.6. The van der Waals surface area contributed by atoms with E-state index in [0.29, 0.717) is 49.6 Å². The average Bonchev–Trinajstić information content (AvgIpc) is 3.12. The Balaban J connectivity index is 1.31. The number of hydrogen-bond donors (Lipinski definition) is 2. The van der Waals surface area contributed by atoms with Gasteiger partial charge in [-0.1, -0.05) is 24.3 Å². The number of benzene rings is 2. The number of likely N-dealkylation sites (tertiary alicyclic amines) is 1. The molecule has 0 atom stereocenters. The van der Waals surface area contributed by atoms with Crippen molar-refractivity contribution in [1.29, 1.82) is 0 Å². The Morgan fingerprint density at radius 1 is 1.09 bits per heavy atom. The molecule has 0 bridgehead atoms. The molecule has 8 nitrogen and oxygen atoms in total. The highest BCUT2D eigenvalue weighted by atomic mass is 19.1. The number of hydrogen-bond acceptors (Lipinski definition) is 4. The first-order valence-electron chi connectivity index (χ1n) is 10.7. The highest BCUT2D eigenvalue weighted by molar-refractivity contribution is 5.89. The van der Waals surface area contributed by atoms with E-state index < -0.39 is 11.4 Å². The van der Waals surface area contributed by atoms with Crippen LogP contribution in [0, 0.1) is 11.6 Å². The first-order valence-corrected chi connectivity index (χ1v) is 10.7. The minimum atomic E-state index is -0.563. The molecule has 10 heteroatoms. The topological polar surface area (TPSA) is 92.2 Å². The number of anilines is 1. The van der Waals surface area contributed by atoms with Crippen LogP contribution in [-0.4, -0.2) is 50.2 Å². The summed E-state index contributed by atoms with van der Waals surface area (Å²) in [6.45, 7) is 0.813. The number of piperidine rings is 1. The summed E-state index contributed by atoms with van der Waals surface area (Å²) in [4.78, 5) is 31.4. The summed E-state index contributed by atoms with van der Waals surface area (Å²) in [5, 5.41) is 10.1. The van der Waals surface area contributed by atoms with E-state index in [9.17, 15) is 18.4 Å². The van der Waals surface area contributed by atoms with Crippen LogP contribution >= 0.6 is 0 Å². The molecule has 0 radical (unpaired) electrons. The molecule has 1 saturated heterocycles. The van der Waals surface area contributed by atoms with Crippen LogP contribution in [0.4, 0.5) is 19.3 Å². The summed E-state index contributed by atoms with van der Waals surface area (Å²) in [5.74, 6) is -0.0573. The van der Waals surface area contributed by atoms with Crippen LogP contribution in [0.3, 0.4) is 0 Å². The van der Waals surface area contributed by atoms with E-state index in [1.165, 1.54) is 24.3 Å². The summed E-state index contributed by atoms with van der Waals surface area (Å²) in [6.07, 6.45) is 1.49. The minimum absolute atomic E-state index is 0.0247. The Morgan fingerprint density at radius 2 is 1.88 bits per heavy atom. The van der Waals surface area contributed by atoms with Crippen LogP contribution in [0.15, 0.2) is 48.5 Å². The van der Waals surface area contributed by atoms with Crippen molar-refractivity contribution < 1.29 is 18.4 Å². The van der Waals surface area contributed by atoms with E-state index in [-0.39, 0.29) is 30.0 Å². The van der Waals surface area contributed by atoms with Crippen molar-refractivity contribution in [2.75, 3.05) is 18.4 Å². The number of carbonyl (C=O) groups is 2. The Bertz CT molecular complexity index is 1220. The van der Waals surface area contributed by atoms with Gasteiger partial charge in [-0.15, -0.1) is 0 Å².